The molecule has 0 saturated carbocycles. The van der Waals surface area contributed by atoms with Gasteiger partial charge in [0.15, 0.2) is 0 Å². The molecular formula is C15H18N4O2. The third kappa shape index (κ3) is 3.92. The van der Waals surface area contributed by atoms with Gasteiger partial charge in [-0.25, -0.2) is 0 Å². The number of carbonyl (C=O) groups is 2. The Balaban J connectivity index is 1.98. The van der Waals surface area contributed by atoms with Crippen LogP contribution in [0.25, 0.3) is 0 Å². The van der Waals surface area contributed by atoms with Crippen LogP contribution in [0.4, 0.5) is 5.69 Å². The minimum atomic E-state index is -0.210. The summed E-state index contributed by atoms with van der Waals surface area (Å²) in [7, 11) is 0. The number of hydrogen-bond donors (Lipinski definition) is 3. The molecule has 2 aromatic rings. The summed E-state index contributed by atoms with van der Waals surface area (Å²) in [4.78, 5) is 23.5. The van der Waals surface area contributed by atoms with Gasteiger partial charge in [-0.2, -0.15) is 5.10 Å². The molecule has 0 unspecified atom stereocenters. The van der Waals surface area contributed by atoms with Gasteiger partial charge in [0.05, 0.1) is 18.2 Å². The number of H-pyrrole nitrogens is 1. The van der Waals surface area contributed by atoms with Gasteiger partial charge in [-0.3, -0.25) is 14.7 Å². The third-order valence-electron chi connectivity index (χ3n) is 3.02. The van der Waals surface area contributed by atoms with E-state index in [9.17, 15) is 9.59 Å². The summed E-state index contributed by atoms with van der Waals surface area (Å²) in [5.41, 5.74) is 2.82. The van der Waals surface area contributed by atoms with Crippen molar-refractivity contribution >= 4 is 17.5 Å². The molecule has 0 spiro atoms. The maximum absolute atomic E-state index is 12.0. The molecule has 0 aliphatic heterocycles. The molecule has 2 amide bonds. The van der Waals surface area contributed by atoms with Crippen LogP contribution in [0.15, 0.2) is 30.5 Å². The summed E-state index contributed by atoms with van der Waals surface area (Å²) in [5, 5.41) is 12.1. The van der Waals surface area contributed by atoms with E-state index in [1.165, 1.54) is 6.20 Å². The second-order valence-electron chi connectivity index (χ2n) is 4.69. The number of amides is 2. The van der Waals surface area contributed by atoms with Crippen LogP contribution < -0.4 is 10.6 Å². The van der Waals surface area contributed by atoms with Gasteiger partial charge in [0.2, 0.25) is 5.91 Å². The van der Waals surface area contributed by atoms with E-state index < -0.39 is 0 Å². The fraction of sp³-hybridized carbons (Fsp3) is 0.267. The quantitative estimate of drug-likeness (QED) is 0.781. The van der Waals surface area contributed by atoms with Crippen LogP contribution in [0.5, 0.6) is 0 Å². The SMILES string of the molecule is CCNC(=O)Cc1ccc(NC(=O)c2cn[nH]c2C)cc1. The third-order valence-corrected chi connectivity index (χ3v) is 3.02. The smallest absolute Gasteiger partial charge is 0.259 e. The summed E-state index contributed by atoms with van der Waals surface area (Å²) >= 11 is 0. The molecule has 21 heavy (non-hydrogen) atoms. The number of likely N-dealkylation sites (N-methyl/N-ethyl adjacent to an activating group) is 1. The highest BCUT2D eigenvalue weighted by Gasteiger charge is 2.11. The van der Waals surface area contributed by atoms with Gasteiger partial charge in [-0.05, 0) is 31.5 Å². The van der Waals surface area contributed by atoms with Crippen molar-refractivity contribution in [2.75, 3.05) is 11.9 Å². The molecule has 1 aromatic heterocycles. The highest BCUT2D eigenvalue weighted by Crippen LogP contribution is 2.12. The zero-order valence-corrected chi connectivity index (χ0v) is 12.1. The molecule has 110 valence electrons. The molecular weight excluding hydrogens is 268 g/mol. The lowest BCUT2D eigenvalue weighted by Gasteiger charge is -2.06. The highest BCUT2D eigenvalue weighted by molar-refractivity contribution is 6.04. The van der Waals surface area contributed by atoms with Crippen molar-refractivity contribution in [2.24, 2.45) is 0 Å². The van der Waals surface area contributed by atoms with E-state index in [2.05, 4.69) is 20.8 Å². The van der Waals surface area contributed by atoms with Gasteiger partial charge in [-0.1, -0.05) is 12.1 Å². The van der Waals surface area contributed by atoms with Crippen LogP contribution in [-0.2, 0) is 11.2 Å². The van der Waals surface area contributed by atoms with Crippen LogP contribution >= 0.6 is 0 Å². The first-order valence-corrected chi connectivity index (χ1v) is 6.77. The number of benzene rings is 1. The monoisotopic (exact) mass is 286 g/mol. The molecule has 1 heterocycles. The largest absolute Gasteiger partial charge is 0.356 e. The number of rotatable bonds is 5. The number of aromatic amines is 1. The lowest BCUT2D eigenvalue weighted by Crippen LogP contribution is -2.24. The van der Waals surface area contributed by atoms with E-state index in [4.69, 9.17) is 0 Å². The number of nitrogens with zero attached hydrogens (tertiary/aromatic N) is 1. The van der Waals surface area contributed by atoms with Gasteiger partial charge in [0, 0.05) is 17.9 Å². The molecule has 0 aliphatic carbocycles. The molecule has 0 radical (unpaired) electrons. The van der Waals surface area contributed by atoms with Crippen LogP contribution in [-0.4, -0.2) is 28.6 Å². The fourth-order valence-electron chi connectivity index (χ4n) is 1.93. The Bertz CT molecular complexity index is 631. The van der Waals surface area contributed by atoms with Crippen LogP contribution in [0.3, 0.4) is 0 Å². The average molecular weight is 286 g/mol. The number of hydrogen-bond acceptors (Lipinski definition) is 3. The van der Waals surface area contributed by atoms with Gasteiger partial charge >= 0.3 is 0 Å². The Morgan fingerprint density at radius 1 is 1.24 bits per heavy atom. The summed E-state index contributed by atoms with van der Waals surface area (Å²) in [6, 6.07) is 7.21. The molecule has 3 N–H and O–H groups in total. The van der Waals surface area contributed by atoms with Crippen molar-refractivity contribution in [2.45, 2.75) is 20.3 Å². The summed E-state index contributed by atoms with van der Waals surface area (Å²) in [6.07, 6.45) is 1.83. The molecule has 6 heteroatoms. The maximum atomic E-state index is 12.0. The van der Waals surface area contributed by atoms with E-state index in [-0.39, 0.29) is 11.8 Å². The van der Waals surface area contributed by atoms with Crippen molar-refractivity contribution in [1.29, 1.82) is 0 Å². The zero-order valence-electron chi connectivity index (χ0n) is 12.1. The Hall–Kier alpha value is -2.63. The lowest BCUT2D eigenvalue weighted by atomic mass is 10.1. The molecule has 0 bridgehead atoms. The predicted molar refractivity (Wildman–Crippen MR) is 80.1 cm³/mol. The number of carbonyl (C=O) groups excluding carboxylic acids is 2. The van der Waals surface area contributed by atoms with Gasteiger partial charge in [-0.15, -0.1) is 0 Å². The normalized spacial score (nSPS) is 10.2. The maximum Gasteiger partial charge on any atom is 0.259 e. The first-order chi connectivity index (χ1) is 10.1. The van der Waals surface area contributed by atoms with Crippen molar-refractivity contribution in [3.8, 4) is 0 Å². The van der Waals surface area contributed by atoms with Crippen molar-refractivity contribution < 1.29 is 9.59 Å². The fourth-order valence-corrected chi connectivity index (χ4v) is 1.93. The zero-order chi connectivity index (χ0) is 15.2. The Morgan fingerprint density at radius 3 is 2.52 bits per heavy atom. The van der Waals surface area contributed by atoms with Crippen molar-refractivity contribution in [3.05, 3.63) is 47.3 Å². The van der Waals surface area contributed by atoms with Crippen LogP contribution in [0.2, 0.25) is 0 Å². The van der Waals surface area contributed by atoms with Gasteiger partial charge < -0.3 is 10.6 Å². The molecule has 0 saturated heterocycles. The number of anilines is 1. The van der Waals surface area contributed by atoms with E-state index in [1.807, 2.05) is 19.1 Å². The Morgan fingerprint density at radius 2 is 1.95 bits per heavy atom. The van der Waals surface area contributed by atoms with E-state index >= 15 is 0 Å². The van der Waals surface area contributed by atoms with Gasteiger partial charge in [0.1, 0.15) is 0 Å². The first kappa shape index (κ1) is 14.8. The number of nitrogens with one attached hydrogen (secondary N) is 3. The Kier molecular flexibility index (Phi) is 4.71. The van der Waals surface area contributed by atoms with Gasteiger partial charge in [0.25, 0.3) is 5.91 Å². The molecule has 1 aromatic carbocycles. The van der Waals surface area contributed by atoms with E-state index in [0.29, 0.717) is 24.2 Å². The number of aryl methyl sites for hydroxylation is 1. The predicted octanol–water partition coefficient (Wildman–Crippen LogP) is 1.65. The van der Waals surface area contributed by atoms with Crippen LogP contribution in [0, 0.1) is 6.92 Å². The Labute approximate surface area is 122 Å². The second kappa shape index (κ2) is 6.69. The van der Waals surface area contributed by atoms with Crippen molar-refractivity contribution in [3.63, 3.8) is 0 Å². The molecule has 0 aliphatic rings. The molecule has 0 fully saturated rings. The minimum Gasteiger partial charge on any atom is -0.356 e. The first-order valence-electron chi connectivity index (χ1n) is 6.77. The molecule has 6 nitrogen and oxygen atoms in total. The standard InChI is InChI=1S/C15H18N4O2/c1-3-16-14(20)8-11-4-6-12(7-5-11)18-15(21)13-9-17-19-10(13)2/h4-7,9H,3,8H2,1-2H3,(H,16,20)(H,17,19)(H,18,21). The highest BCUT2D eigenvalue weighted by atomic mass is 16.2. The lowest BCUT2D eigenvalue weighted by molar-refractivity contribution is -0.120. The molecule has 2 rings (SSSR count). The van der Waals surface area contributed by atoms with Crippen LogP contribution in [0.1, 0.15) is 28.5 Å². The topological polar surface area (TPSA) is 86.9 Å². The second-order valence-corrected chi connectivity index (χ2v) is 4.69. The summed E-state index contributed by atoms with van der Waals surface area (Å²) in [5.74, 6) is -0.221. The average Bonchev–Trinajstić information content (AvgIpc) is 2.87. The summed E-state index contributed by atoms with van der Waals surface area (Å²) < 4.78 is 0. The van der Waals surface area contributed by atoms with E-state index in [0.717, 1.165) is 11.3 Å². The van der Waals surface area contributed by atoms with E-state index in [1.54, 1.807) is 19.1 Å². The minimum absolute atomic E-state index is 0.0108. The number of aromatic nitrogens is 2. The molecule has 0 atom stereocenters. The summed E-state index contributed by atoms with van der Waals surface area (Å²) in [6.45, 7) is 4.29. The van der Waals surface area contributed by atoms with Crippen molar-refractivity contribution in [1.82, 2.24) is 15.5 Å².